The molecule has 2 amide bonds. The maximum atomic E-state index is 13.2. The van der Waals surface area contributed by atoms with Crippen LogP contribution in [-0.4, -0.2) is 29.0 Å². The highest BCUT2D eigenvalue weighted by Crippen LogP contribution is 2.37. The summed E-state index contributed by atoms with van der Waals surface area (Å²) in [7, 11) is 1.51. The minimum Gasteiger partial charge on any atom is -0.508 e. The van der Waals surface area contributed by atoms with Gasteiger partial charge < -0.3 is 15.2 Å². The summed E-state index contributed by atoms with van der Waals surface area (Å²) in [6.45, 7) is 0. The molecule has 0 radical (unpaired) electrons. The first-order valence-electron chi connectivity index (χ1n) is 9.00. The van der Waals surface area contributed by atoms with E-state index in [9.17, 15) is 14.7 Å². The quantitative estimate of drug-likeness (QED) is 0.637. The van der Waals surface area contributed by atoms with Gasteiger partial charge in [-0.1, -0.05) is 30.3 Å². The van der Waals surface area contributed by atoms with Crippen LogP contribution in [0.25, 0.3) is 0 Å². The molecule has 0 aliphatic carbocycles. The van der Waals surface area contributed by atoms with Crippen LogP contribution in [0, 0.1) is 0 Å². The molecule has 4 rings (SSSR count). The van der Waals surface area contributed by atoms with Crippen molar-refractivity contribution in [1.82, 2.24) is 10.4 Å². The van der Waals surface area contributed by atoms with Gasteiger partial charge in [-0.05, 0) is 42.5 Å². The van der Waals surface area contributed by atoms with Gasteiger partial charge in [-0.3, -0.25) is 15.0 Å². The van der Waals surface area contributed by atoms with Gasteiger partial charge in [0, 0.05) is 16.8 Å². The lowest BCUT2D eigenvalue weighted by Crippen LogP contribution is -2.52. The standard InChI is InChI=1S/C22H19N3O4/c1-29-15-11-12-19(26)17(13-15)20-23-18-10-6-5-9-16(18)22(28)25(20)24-21(27)14-7-3-2-4-8-14/h2-13,20,23,26H,1H3,(H,24,27)/t20-/m0/s1. The average Bonchev–Trinajstić information content (AvgIpc) is 2.76. The fourth-order valence-electron chi connectivity index (χ4n) is 3.23. The van der Waals surface area contributed by atoms with Crippen molar-refractivity contribution < 1.29 is 19.4 Å². The molecule has 1 heterocycles. The number of benzene rings is 3. The van der Waals surface area contributed by atoms with Gasteiger partial charge in [-0.2, -0.15) is 0 Å². The Labute approximate surface area is 167 Å². The zero-order valence-electron chi connectivity index (χ0n) is 15.6. The zero-order chi connectivity index (χ0) is 20.4. The predicted octanol–water partition coefficient (Wildman–Crippen LogP) is 3.31. The Morgan fingerprint density at radius 2 is 1.79 bits per heavy atom. The molecule has 0 bridgehead atoms. The molecule has 146 valence electrons. The van der Waals surface area contributed by atoms with E-state index in [0.29, 0.717) is 28.1 Å². The summed E-state index contributed by atoms with van der Waals surface area (Å²) < 4.78 is 5.25. The first-order chi connectivity index (χ1) is 14.1. The van der Waals surface area contributed by atoms with E-state index in [1.807, 2.05) is 0 Å². The Balaban J connectivity index is 1.76. The second-order valence-corrected chi connectivity index (χ2v) is 6.50. The van der Waals surface area contributed by atoms with Crippen LogP contribution >= 0.6 is 0 Å². The molecule has 3 aromatic rings. The molecule has 0 saturated heterocycles. The Bertz CT molecular complexity index is 1070. The van der Waals surface area contributed by atoms with Crippen molar-refractivity contribution in [2.45, 2.75) is 6.17 Å². The summed E-state index contributed by atoms with van der Waals surface area (Å²) in [5, 5.41) is 14.8. The zero-order valence-corrected chi connectivity index (χ0v) is 15.6. The van der Waals surface area contributed by atoms with E-state index < -0.39 is 18.0 Å². The number of phenols is 1. The minimum atomic E-state index is -0.833. The van der Waals surface area contributed by atoms with Crippen molar-refractivity contribution in [1.29, 1.82) is 0 Å². The number of fused-ring (bicyclic) bond motifs is 1. The molecule has 3 N–H and O–H groups in total. The van der Waals surface area contributed by atoms with Crippen LogP contribution in [0.3, 0.4) is 0 Å². The fraction of sp³-hybridized carbons (Fsp3) is 0.0909. The van der Waals surface area contributed by atoms with Crippen LogP contribution in [-0.2, 0) is 0 Å². The average molecular weight is 389 g/mol. The third kappa shape index (κ3) is 3.45. The number of carbonyl (C=O) groups excluding carboxylic acids is 2. The van der Waals surface area contributed by atoms with Crippen LogP contribution in [0.1, 0.15) is 32.4 Å². The van der Waals surface area contributed by atoms with Gasteiger partial charge in [0.1, 0.15) is 11.5 Å². The van der Waals surface area contributed by atoms with Crippen molar-refractivity contribution in [2.75, 3.05) is 12.4 Å². The molecule has 0 fully saturated rings. The number of hydrogen-bond donors (Lipinski definition) is 3. The highest BCUT2D eigenvalue weighted by atomic mass is 16.5. The van der Waals surface area contributed by atoms with Crippen LogP contribution in [0.4, 0.5) is 5.69 Å². The number of carbonyl (C=O) groups is 2. The number of nitrogens with one attached hydrogen (secondary N) is 2. The molecule has 7 heteroatoms. The smallest absolute Gasteiger partial charge is 0.276 e. The number of rotatable bonds is 4. The Hall–Kier alpha value is -4.00. The summed E-state index contributed by atoms with van der Waals surface area (Å²) in [5.74, 6) is -0.349. The van der Waals surface area contributed by atoms with Gasteiger partial charge in [0.2, 0.25) is 0 Å². The number of hydrogen-bond acceptors (Lipinski definition) is 5. The number of para-hydroxylation sites is 1. The molecule has 7 nitrogen and oxygen atoms in total. The molecule has 0 saturated carbocycles. The maximum Gasteiger partial charge on any atom is 0.276 e. The van der Waals surface area contributed by atoms with Gasteiger partial charge in [-0.25, -0.2) is 5.01 Å². The lowest BCUT2D eigenvalue weighted by molar-refractivity contribution is 0.0488. The maximum absolute atomic E-state index is 13.2. The van der Waals surface area contributed by atoms with Crippen LogP contribution in [0.5, 0.6) is 11.5 Å². The molecule has 0 aromatic heterocycles. The fourth-order valence-corrected chi connectivity index (χ4v) is 3.23. The van der Waals surface area contributed by atoms with E-state index in [2.05, 4.69) is 10.7 Å². The van der Waals surface area contributed by atoms with Gasteiger partial charge in [0.15, 0.2) is 6.17 Å². The van der Waals surface area contributed by atoms with Crippen molar-refractivity contribution in [3.8, 4) is 11.5 Å². The van der Waals surface area contributed by atoms with Crippen molar-refractivity contribution in [3.63, 3.8) is 0 Å². The number of phenolic OH excluding ortho intramolecular Hbond substituents is 1. The third-order valence-electron chi connectivity index (χ3n) is 4.71. The summed E-state index contributed by atoms with van der Waals surface area (Å²) >= 11 is 0. The number of hydrazine groups is 1. The van der Waals surface area contributed by atoms with E-state index in [0.717, 1.165) is 0 Å². The lowest BCUT2D eigenvalue weighted by Gasteiger charge is -2.38. The first kappa shape index (κ1) is 18.4. The third-order valence-corrected chi connectivity index (χ3v) is 4.71. The highest BCUT2D eigenvalue weighted by molar-refractivity contribution is 6.04. The monoisotopic (exact) mass is 389 g/mol. The number of amides is 2. The van der Waals surface area contributed by atoms with E-state index in [-0.39, 0.29) is 5.75 Å². The molecular formula is C22H19N3O4. The first-order valence-corrected chi connectivity index (χ1v) is 9.00. The number of aromatic hydroxyl groups is 1. The summed E-state index contributed by atoms with van der Waals surface area (Å²) in [5.41, 5.74) is 4.49. The molecule has 1 aliphatic rings. The van der Waals surface area contributed by atoms with Crippen molar-refractivity contribution >= 4 is 17.5 Å². The Morgan fingerprint density at radius 1 is 1.07 bits per heavy atom. The second kappa shape index (κ2) is 7.55. The number of nitrogens with zero attached hydrogens (tertiary/aromatic N) is 1. The van der Waals surface area contributed by atoms with Crippen molar-refractivity contribution in [3.05, 3.63) is 89.5 Å². The van der Waals surface area contributed by atoms with Gasteiger partial charge in [-0.15, -0.1) is 0 Å². The normalized spacial score (nSPS) is 15.3. The van der Waals surface area contributed by atoms with E-state index in [1.165, 1.54) is 18.2 Å². The van der Waals surface area contributed by atoms with Crippen LogP contribution in [0.15, 0.2) is 72.8 Å². The summed E-state index contributed by atoms with van der Waals surface area (Å²) in [4.78, 5) is 25.9. The van der Waals surface area contributed by atoms with E-state index >= 15 is 0 Å². The highest BCUT2D eigenvalue weighted by Gasteiger charge is 2.36. The van der Waals surface area contributed by atoms with E-state index in [4.69, 9.17) is 4.74 Å². The molecule has 0 spiro atoms. The molecule has 1 aliphatic heterocycles. The van der Waals surface area contributed by atoms with Crippen LogP contribution < -0.4 is 15.5 Å². The number of methoxy groups -OCH3 is 1. The number of ether oxygens (including phenoxy) is 1. The van der Waals surface area contributed by atoms with Gasteiger partial charge in [0.05, 0.1) is 12.7 Å². The second-order valence-electron chi connectivity index (χ2n) is 6.50. The number of anilines is 1. The predicted molar refractivity (Wildman–Crippen MR) is 108 cm³/mol. The van der Waals surface area contributed by atoms with Crippen molar-refractivity contribution in [2.24, 2.45) is 0 Å². The van der Waals surface area contributed by atoms with E-state index in [1.54, 1.807) is 66.7 Å². The topological polar surface area (TPSA) is 90.9 Å². The molecule has 1 atom stereocenters. The van der Waals surface area contributed by atoms with Gasteiger partial charge in [0.25, 0.3) is 11.8 Å². The van der Waals surface area contributed by atoms with Gasteiger partial charge >= 0.3 is 0 Å². The molecule has 0 unspecified atom stereocenters. The molecule has 3 aromatic carbocycles. The Morgan fingerprint density at radius 3 is 2.55 bits per heavy atom. The SMILES string of the molecule is COc1ccc(O)c([C@H]2Nc3ccccc3C(=O)N2NC(=O)c2ccccc2)c1. The molecular weight excluding hydrogens is 370 g/mol. The summed E-state index contributed by atoms with van der Waals surface area (Å²) in [6.07, 6.45) is -0.833. The molecule has 29 heavy (non-hydrogen) atoms. The largest absolute Gasteiger partial charge is 0.508 e. The lowest BCUT2D eigenvalue weighted by atomic mass is 10.0. The summed E-state index contributed by atoms with van der Waals surface area (Å²) in [6, 6.07) is 20.3. The van der Waals surface area contributed by atoms with Crippen LogP contribution in [0.2, 0.25) is 0 Å². The Kier molecular flexibility index (Phi) is 4.78. The minimum absolute atomic E-state index is 0.0329.